The van der Waals surface area contributed by atoms with Crippen LogP contribution in [-0.4, -0.2) is 4.98 Å². The van der Waals surface area contributed by atoms with E-state index < -0.39 is 0 Å². The molecule has 0 saturated carbocycles. The van der Waals surface area contributed by atoms with Gasteiger partial charge in [0.05, 0.1) is 5.69 Å². The van der Waals surface area contributed by atoms with Gasteiger partial charge in [-0.1, -0.05) is 12.1 Å². The number of aromatic nitrogens is 1. The number of nitrogens with zero attached hydrogens (tertiary/aromatic N) is 1. The van der Waals surface area contributed by atoms with E-state index in [1.165, 1.54) is 22.9 Å². The lowest BCUT2D eigenvalue weighted by Gasteiger charge is -2.01. The molecule has 3 aromatic rings. The molecular formula is C15H14N2OS. The van der Waals surface area contributed by atoms with Crippen molar-refractivity contribution in [1.29, 1.82) is 0 Å². The Kier molecular flexibility index (Phi) is 2.95. The van der Waals surface area contributed by atoms with Crippen LogP contribution in [0, 0.1) is 13.8 Å². The number of fused-ring (bicyclic) bond motifs is 1. The summed E-state index contributed by atoms with van der Waals surface area (Å²) in [6, 6.07) is 11.9. The molecule has 4 heteroatoms. The Bertz CT molecular complexity index is 749. The van der Waals surface area contributed by atoms with Crippen molar-refractivity contribution in [1.82, 2.24) is 4.98 Å². The molecule has 1 heterocycles. The second-order valence-corrected chi connectivity index (χ2v) is 5.55. The molecule has 0 radical (unpaired) electrons. The first-order chi connectivity index (χ1) is 9.13. The minimum Gasteiger partial charge on any atom is -0.431 e. The van der Waals surface area contributed by atoms with E-state index in [1.54, 1.807) is 0 Å². The second kappa shape index (κ2) is 4.63. The van der Waals surface area contributed by atoms with E-state index in [9.17, 15) is 0 Å². The number of para-hydroxylation sites is 1. The van der Waals surface area contributed by atoms with E-state index in [4.69, 9.17) is 10.2 Å². The van der Waals surface area contributed by atoms with Crippen molar-refractivity contribution in [2.45, 2.75) is 24.0 Å². The Balaban J connectivity index is 1.96. The van der Waals surface area contributed by atoms with Crippen LogP contribution < -0.4 is 5.73 Å². The summed E-state index contributed by atoms with van der Waals surface area (Å²) < 4.78 is 5.69. The van der Waals surface area contributed by atoms with E-state index in [2.05, 4.69) is 37.0 Å². The van der Waals surface area contributed by atoms with Gasteiger partial charge in [0, 0.05) is 4.90 Å². The third-order valence-corrected chi connectivity index (χ3v) is 3.95. The number of benzene rings is 2. The maximum absolute atomic E-state index is 5.88. The number of hydrogen-bond donors (Lipinski definition) is 1. The molecule has 3 rings (SSSR count). The normalized spacial score (nSPS) is 11.1. The zero-order chi connectivity index (χ0) is 13.4. The third-order valence-electron chi connectivity index (χ3n) is 3.11. The van der Waals surface area contributed by atoms with Gasteiger partial charge >= 0.3 is 0 Å². The maximum atomic E-state index is 5.88. The van der Waals surface area contributed by atoms with Crippen molar-refractivity contribution in [2.24, 2.45) is 0 Å². The smallest absolute Gasteiger partial charge is 0.261 e. The predicted molar refractivity (Wildman–Crippen MR) is 78.5 cm³/mol. The zero-order valence-corrected chi connectivity index (χ0v) is 11.6. The topological polar surface area (TPSA) is 52.0 Å². The Morgan fingerprint density at radius 2 is 1.95 bits per heavy atom. The molecule has 0 aliphatic carbocycles. The zero-order valence-electron chi connectivity index (χ0n) is 10.8. The Morgan fingerprint density at radius 1 is 1.11 bits per heavy atom. The molecule has 0 atom stereocenters. The minimum absolute atomic E-state index is 0.621. The van der Waals surface area contributed by atoms with Gasteiger partial charge in [-0.3, -0.25) is 0 Å². The van der Waals surface area contributed by atoms with Crippen LogP contribution in [0.4, 0.5) is 5.69 Å². The van der Waals surface area contributed by atoms with E-state index in [0.717, 1.165) is 16.0 Å². The molecule has 96 valence electrons. The van der Waals surface area contributed by atoms with Crippen molar-refractivity contribution >= 4 is 28.5 Å². The van der Waals surface area contributed by atoms with Crippen molar-refractivity contribution in [3.8, 4) is 0 Å². The molecule has 0 aliphatic heterocycles. The highest BCUT2D eigenvalue weighted by molar-refractivity contribution is 7.99. The third kappa shape index (κ3) is 2.31. The molecule has 0 aliphatic rings. The van der Waals surface area contributed by atoms with Crippen molar-refractivity contribution in [3.05, 3.63) is 47.5 Å². The summed E-state index contributed by atoms with van der Waals surface area (Å²) in [7, 11) is 0. The SMILES string of the molecule is Cc1ccc(Sc2nc3c(N)cccc3o2)cc1C. The van der Waals surface area contributed by atoms with E-state index >= 15 is 0 Å². The van der Waals surface area contributed by atoms with Crippen LogP contribution in [0.5, 0.6) is 0 Å². The predicted octanol–water partition coefficient (Wildman–Crippen LogP) is 4.18. The van der Waals surface area contributed by atoms with Gasteiger partial charge in [0.1, 0.15) is 5.52 Å². The summed E-state index contributed by atoms with van der Waals surface area (Å²) in [5.74, 6) is 0. The number of nitrogens with two attached hydrogens (primary N) is 1. The van der Waals surface area contributed by atoms with E-state index in [1.807, 2.05) is 18.2 Å². The van der Waals surface area contributed by atoms with Crippen LogP contribution in [0.1, 0.15) is 11.1 Å². The average molecular weight is 270 g/mol. The molecule has 0 unspecified atom stereocenters. The van der Waals surface area contributed by atoms with Gasteiger partial charge in [0.15, 0.2) is 5.58 Å². The van der Waals surface area contributed by atoms with E-state index in [-0.39, 0.29) is 0 Å². The first-order valence-corrected chi connectivity index (χ1v) is 6.85. The summed E-state index contributed by atoms with van der Waals surface area (Å²) >= 11 is 1.51. The molecule has 3 nitrogen and oxygen atoms in total. The first-order valence-electron chi connectivity index (χ1n) is 6.03. The molecule has 0 spiro atoms. The number of nitrogen functional groups attached to an aromatic ring is 1. The number of aryl methyl sites for hydroxylation is 2. The van der Waals surface area contributed by atoms with E-state index in [0.29, 0.717) is 10.9 Å². The van der Waals surface area contributed by atoms with Gasteiger partial charge in [0.2, 0.25) is 0 Å². The van der Waals surface area contributed by atoms with Gasteiger partial charge in [-0.15, -0.1) is 0 Å². The van der Waals surface area contributed by atoms with Gasteiger partial charge in [-0.2, -0.15) is 0 Å². The van der Waals surface area contributed by atoms with Gasteiger partial charge in [0.25, 0.3) is 5.22 Å². The molecule has 0 saturated heterocycles. The fraction of sp³-hybridized carbons (Fsp3) is 0.133. The number of anilines is 1. The Morgan fingerprint density at radius 3 is 2.68 bits per heavy atom. The standard InChI is InChI=1S/C15H14N2OS/c1-9-6-7-11(8-10(9)2)19-15-17-14-12(16)4-3-5-13(14)18-15/h3-8H,16H2,1-2H3. The fourth-order valence-corrected chi connectivity index (χ4v) is 2.71. The summed E-state index contributed by atoms with van der Waals surface area (Å²) in [5.41, 5.74) is 10.5. The Labute approximate surface area is 115 Å². The Hall–Kier alpha value is -1.94. The first kappa shape index (κ1) is 12.1. The van der Waals surface area contributed by atoms with Crippen LogP contribution in [0.25, 0.3) is 11.1 Å². The summed E-state index contributed by atoms with van der Waals surface area (Å²) in [6.45, 7) is 4.20. The quantitative estimate of drug-likeness (QED) is 0.710. The van der Waals surface area contributed by atoms with Crippen molar-refractivity contribution < 1.29 is 4.42 Å². The highest BCUT2D eigenvalue weighted by atomic mass is 32.2. The molecule has 19 heavy (non-hydrogen) atoms. The van der Waals surface area contributed by atoms with Gasteiger partial charge in [-0.25, -0.2) is 4.98 Å². The minimum atomic E-state index is 0.621. The highest BCUT2D eigenvalue weighted by Crippen LogP contribution is 2.32. The molecular weight excluding hydrogens is 256 g/mol. The van der Waals surface area contributed by atoms with Crippen LogP contribution in [-0.2, 0) is 0 Å². The van der Waals surface area contributed by atoms with Crippen LogP contribution in [0.2, 0.25) is 0 Å². The number of rotatable bonds is 2. The van der Waals surface area contributed by atoms with Crippen LogP contribution in [0.15, 0.2) is 50.9 Å². The largest absolute Gasteiger partial charge is 0.431 e. The molecule has 1 aromatic heterocycles. The molecule has 0 fully saturated rings. The van der Waals surface area contributed by atoms with Crippen LogP contribution in [0.3, 0.4) is 0 Å². The summed E-state index contributed by atoms with van der Waals surface area (Å²) in [4.78, 5) is 5.55. The lowest BCUT2D eigenvalue weighted by Crippen LogP contribution is -1.85. The van der Waals surface area contributed by atoms with Gasteiger partial charge in [-0.05, 0) is 61.0 Å². The molecule has 0 amide bonds. The number of oxazole rings is 1. The highest BCUT2D eigenvalue weighted by Gasteiger charge is 2.09. The molecule has 2 N–H and O–H groups in total. The van der Waals surface area contributed by atoms with Gasteiger partial charge < -0.3 is 10.2 Å². The lowest BCUT2D eigenvalue weighted by atomic mass is 10.1. The average Bonchev–Trinajstić information content (AvgIpc) is 2.78. The molecule has 2 aromatic carbocycles. The molecule has 0 bridgehead atoms. The van der Waals surface area contributed by atoms with Crippen molar-refractivity contribution in [2.75, 3.05) is 5.73 Å². The van der Waals surface area contributed by atoms with Crippen molar-refractivity contribution in [3.63, 3.8) is 0 Å². The second-order valence-electron chi connectivity index (χ2n) is 4.52. The monoisotopic (exact) mass is 270 g/mol. The summed E-state index contributed by atoms with van der Waals surface area (Å²) in [5, 5.41) is 0.621. The fourth-order valence-electron chi connectivity index (χ4n) is 1.87. The number of hydrogen-bond acceptors (Lipinski definition) is 4. The maximum Gasteiger partial charge on any atom is 0.261 e. The lowest BCUT2D eigenvalue weighted by molar-refractivity contribution is 0.489. The van der Waals surface area contributed by atoms with Crippen LogP contribution >= 0.6 is 11.8 Å². The summed E-state index contributed by atoms with van der Waals surface area (Å²) in [6.07, 6.45) is 0.